The second-order valence-corrected chi connectivity index (χ2v) is 4.12. The number of rotatable bonds is 2. The lowest BCUT2D eigenvalue weighted by Gasteiger charge is -2.29. The fourth-order valence-electron chi connectivity index (χ4n) is 1.82. The van der Waals surface area contributed by atoms with Crippen LogP contribution in [-0.4, -0.2) is 10.7 Å². The van der Waals surface area contributed by atoms with Crippen molar-refractivity contribution < 1.29 is 5.11 Å². The Morgan fingerprint density at radius 2 is 2.27 bits per heavy atom. The van der Waals surface area contributed by atoms with Crippen LogP contribution in [0.25, 0.3) is 0 Å². The molecule has 0 amide bonds. The second kappa shape index (κ2) is 2.98. The highest BCUT2D eigenvalue weighted by Crippen LogP contribution is 2.34. The molecule has 0 radical (unpaired) electrons. The molecule has 0 heterocycles. The van der Waals surface area contributed by atoms with Gasteiger partial charge in [-0.05, 0) is 18.8 Å². The molecule has 1 N–H and O–H groups in total. The van der Waals surface area contributed by atoms with Crippen molar-refractivity contribution in [1.29, 1.82) is 0 Å². The summed E-state index contributed by atoms with van der Waals surface area (Å²) >= 11 is 0. The highest BCUT2D eigenvalue weighted by atomic mass is 16.3. The van der Waals surface area contributed by atoms with Crippen LogP contribution in [0, 0.1) is 11.8 Å². The second-order valence-electron chi connectivity index (χ2n) is 4.12. The van der Waals surface area contributed by atoms with E-state index in [0.29, 0.717) is 11.8 Å². The molecular weight excluding hydrogens is 136 g/mol. The van der Waals surface area contributed by atoms with E-state index in [1.54, 1.807) is 0 Å². The van der Waals surface area contributed by atoms with Gasteiger partial charge in [-0.1, -0.05) is 32.9 Å². The predicted octanol–water partition coefficient (Wildman–Crippen LogP) is 2.36. The van der Waals surface area contributed by atoms with E-state index in [1.165, 1.54) is 0 Å². The Labute approximate surface area is 69.1 Å². The van der Waals surface area contributed by atoms with E-state index in [1.807, 2.05) is 0 Å². The molecule has 0 aromatic heterocycles. The summed E-state index contributed by atoms with van der Waals surface area (Å²) in [6.45, 7) is 6.40. The minimum atomic E-state index is -0.436. The van der Waals surface area contributed by atoms with Crippen LogP contribution in [0.15, 0.2) is 12.2 Å². The summed E-state index contributed by atoms with van der Waals surface area (Å²) in [4.78, 5) is 0. The van der Waals surface area contributed by atoms with E-state index in [9.17, 15) is 5.11 Å². The van der Waals surface area contributed by atoms with Crippen LogP contribution in [0.3, 0.4) is 0 Å². The molecule has 11 heavy (non-hydrogen) atoms. The third kappa shape index (κ3) is 1.84. The first-order valence-electron chi connectivity index (χ1n) is 4.43. The Hall–Kier alpha value is -0.300. The van der Waals surface area contributed by atoms with Crippen LogP contribution in [-0.2, 0) is 0 Å². The van der Waals surface area contributed by atoms with Gasteiger partial charge < -0.3 is 5.11 Å². The quantitative estimate of drug-likeness (QED) is 0.605. The molecule has 1 aliphatic rings. The fourth-order valence-corrected chi connectivity index (χ4v) is 1.82. The predicted molar refractivity (Wildman–Crippen MR) is 47.3 cm³/mol. The monoisotopic (exact) mass is 154 g/mol. The van der Waals surface area contributed by atoms with Crippen LogP contribution in [0.1, 0.15) is 33.6 Å². The van der Waals surface area contributed by atoms with Crippen molar-refractivity contribution in [3.8, 4) is 0 Å². The molecule has 1 aliphatic carbocycles. The van der Waals surface area contributed by atoms with E-state index in [2.05, 4.69) is 32.9 Å². The highest BCUT2D eigenvalue weighted by Gasteiger charge is 2.34. The van der Waals surface area contributed by atoms with Crippen LogP contribution in [0.2, 0.25) is 0 Å². The first kappa shape index (κ1) is 8.79. The largest absolute Gasteiger partial charge is 0.389 e. The van der Waals surface area contributed by atoms with E-state index < -0.39 is 5.60 Å². The molecule has 0 bridgehead atoms. The molecule has 0 saturated carbocycles. The van der Waals surface area contributed by atoms with Gasteiger partial charge in [0, 0.05) is 5.92 Å². The Morgan fingerprint density at radius 3 is 2.64 bits per heavy atom. The smallest absolute Gasteiger partial charge is 0.0744 e. The van der Waals surface area contributed by atoms with Crippen molar-refractivity contribution in [1.82, 2.24) is 0 Å². The van der Waals surface area contributed by atoms with Gasteiger partial charge in [0.2, 0.25) is 0 Å². The van der Waals surface area contributed by atoms with Gasteiger partial charge in [0.1, 0.15) is 0 Å². The van der Waals surface area contributed by atoms with Crippen LogP contribution in [0.5, 0.6) is 0 Å². The number of hydrogen-bond donors (Lipinski definition) is 1. The molecule has 0 aromatic rings. The molecule has 2 atom stereocenters. The normalized spacial score (nSPS) is 37.0. The minimum Gasteiger partial charge on any atom is -0.389 e. The topological polar surface area (TPSA) is 20.2 Å². The van der Waals surface area contributed by atoms with Gasteiger partial charge in [0.25, 0.3) is 0 Å². The SMILES string of the molecule is CC(C)CC1(O)CC=CC1C. The molecule has 2 unspecified atom stereocenters. The molecule has 0 saturated heterocycles. The van der Waals surface area contributed by atoms with Gasteiger partial charge in [-0.25, -0.2) is 0 Å². The van der Waals surface area contributed by atoms with Crippen LogP contribution < -0.4 is 0 Å². The summed E-state index contributed by atoms with van der Waals surface area (Å²) < 4.78 is 0. The summed E-state index contributed by atoms with van der Waals surface area (Å²) in [5.41, 5.74) is -0.436. The van der Waals surface area contributed by atoms with Crippen molar-refractivity contribution >= 4 is 0 Å². The molecular formula is C10H18O. The number of aliphatic hydroxyl groups is 1. The zero-order valence-electron chi connectivity index (χ0n) is 7.67. The van der Waals surface area contributed by atoms with Gasteiger partial charge in [0.15, 0.2) is 0 Å². The standard InChI is InChI=1S/C10H18O/c1-8(2)7-10(11)6-4-5-9(10)3/h4-5,8-9,11H,6-7H2,1-3H3. The lowest BCUT2D eigenvalue weighted by molar-refractivity contribution is -0.00174. The van der Waals surface area contributed by atoms with Crippen molar-refractivity contribution in [2.75, 3.05) is 0 Å². The Bertz CT molecular complexity index is 160. The average Bonchev–Trinajstić information content (AvgIpc) is 2.11. The molecule has 1 nitrogen and oxygen atoms in total. The zero-order chi connectivity index (χ0) is 8.48. The maximum atomic E-state index is 10.1. The lowest BCUT2D eigenvalue weighted by Crippen LogP contribution is -2.33. The van der Waals surface area contributed by atoms with Crippen LogP contribution >= 0.6 is 0 Å². The first-order valence-corrected chi connectivity index (χ1v) is 4.43. The summed E-state index contributed by atoms with van der Waals surface area (Å²) in [7, 11) is 0. The van der Waals surface area contributed by atoms with Gasteiger partial charge in [0.05, 0.1) is 5.60 Å². The van der Waals surface area contributed by atoms with E-state index in [4.69, 9.17) is 0 Å². The molecule has 1 rings (SSSR count). The van der Waals surface area contributed by atoms with E-state index in [-0.39, 0.29) is 0 Å². The lowest BCUT2D eigenvalue weighted by atomic mass is 9.84. The molecule has 0 spiro atoms. The van der Waals surface area contributed by atoms with E-state index in [0.717, 1.165) is 12.8 Å². The van der Waals surface area contributed by atoms with Crippen LogP contribution in [0.4, 0.5) is 0 Å². The third-order valence-corrected chi connectivity index (χ3v) is 2.51. The fraction of sp³-hybridized carbons (Fsp3) is 0.800. The van der Waals surface area contributed by atoms with Crippen molar-refractivity contribution in [3.05, 3.63) is 12.2 Å². The van der Waals surface area contributed by atoms with Crippen molar-refractivity contribution in [3.63, 3.8) is 0 Å². The van der Waals surface area contributed by atoms with Gasteiger partial charge in [-0.15, -0.1) is 0 Å². The van der Waals surface area contributed by atoms with Crippen molar-refractivity contribution in [2.24, 2.45) is 11.8 Å². The number of hydrogen-bond acceptors (Lipinski definition) is 1. The Balaban J connectivity index is 2.54. The highest BCUT2D eigenvalue weighted by molar-refractivity contribution is 5.08. The Morgan fingerprint density at radius 1 is 1.64 bits per heavy atom. The van der Waals surface area contributed by atoms with Crippen molar-refractivity contribution in [2.45, 2.75) is 39.2 Å². The van der Waals surface area contributed by atoms with Gasteiger partial charge in [-0.3, -0.25) is 0 Å². The first-order chi connectivity index (χ1) is 5.04. The van der Waals surface area contributed by atoms with E-state index >= 15 is 0 Å². The maximum Gasteiger partial charge on any atom is 0.0744 e. The molecule has 64 valence electrons. The molecule has 1 heteroatoms. The average molecular weight is 154 g/mol. The zero-order valence-corrected chi connectivity index (χ0v) is 7.67. The third-order valence-electron chi connectivity index (χ3n) is 2.51. The summed E-state index contributed by atoms with van der Waals surface area (Å²) in [6, 6.07) is 0. The maximum absolute atomic E-state index is 10.1. The van der Waals surface area contributed by atoms with Gasteiger partial charge >= 0.3 is 0 Å². The summed E-state index contributed by atoms with van der Waals surface area (Å²) in [6.07, 6.45) is 5.96. The molecule has 0 aliphatic heterocycles. The molecule has 0 fully saturated rings. The summed E-state index contributed by atoms with van der Waals surface area (Å²) in [5.74, 6) is 0.923. The van der Waals surface area contributed by atoms with Gasteiger partial charge in [-0.2, -0.15) is 0 Å². The summed E-state index contributed by atoms with van der Waals surface area (Å²) in [5, 5.41) is 10.1. The Kier molecular flexibility index (Phi) is 2.38. The minimum absolute atomic E-state index is 0.338. The molecule has 0 aromatic carbocycles.